The molecule has 0 spiro atoms. The molecule has 0 aromatic rings. The van der Waals surface area contributed by atoms with Gasteiger partial charge < -0.3 is 14.7 Å². The van der Waals surface area contributed by atoms with Crippen molar-refractivity contribution in [2.75, 3.05) is 19.6 Å². The standard InChI is InChI=1S/C16H24N2O5/c1-16(2,3)23-15(22)18-10-11(9-13(19)20)8-12(18)14(21)17-6-4-5-7-17/h9,12H,4-8,10H2,1-3H3,(H,19,20)/t12-/m0/s1. The number of hydrogen-bond donors (Lipinski definition) is 1. The minimum atomic E-state index is -1.07. The summed E-state index contributed by atoms with van der Waals surface area (Å²) >= 11 is 0. The van der Waals surface area contributed by atoms with Crippen LogP contribution in [0.5, 0.6) is 0 Å². The molecule has 0 unspecified atom stereocenters. The van der Waals surface area contributed by atoms with E-state index in [0.29, 0.717) is 18.7 Å². The topological polar surface area (TPSA) is 87.1 Å². The number of aliphatic carboxylic acids is 1. The van der Waals surface area contributed by atoms with Crippen LogP contribution < -0.4 is 0 Å². The van der Waals surface area contributed by atoms with Crippen molar-refractivity contribution < 1.29 is 24.2 Å². The van der Waals surface area contributed by atoms with Gasteiger partial charge >= 0.3 is 12.1 Å². The van der Waals surface area contributed by atoms with Crippen molar-refractivity contribution in [3.05, 3.63) is 11.6 Å². The molecule has 0 radical (unpaired) electrons. The van der Waals surface area contributed by atoms with Gasteiger partial charge in [-0.25, -0.2) is 9.59 Å². The average Bonchev–Trinajstić information content (AvgIpc) is 3.03. The molecule has 2 aliphatic heterocycles. The number of nitrogens with zero attached hydrogens (tertiary/aromatic N) is 2. The van der Waals surface area contributed by atoms with Gasteiger partial charge in [0, 0.05) is 32.1 Å². The highest BCUT2D eigenvalue weighted by atomic mass is 16.6. The third-order valence-corrected chi connectivity index (χ3v) is 3.86. The van der Waals surface area contributed by atoms with Gasteiger partial charge in [0.15, 0.2) is 0 Å². The Morgan fingerprint density at radius 1 is 1.22 bits per heavy atom. The van der Waals surface area contributed by atoms with E-state index >= 15 is 0 Å². The second kappa shape index (κ2) is 6.60. The summed E-state index contributed by atoms with van der Waals surface area (Å²) in [4.78, 5) is 39.0. The molecule has 2 fully saturated rings. The zero-order valence-corrected chi connectivity index (χ0v) is 13.9. The first kappa shape index (κ1) is 17.3. The maximum absolute atomic E-state index is 12.7. The van der Waals surface area contributed by atoms with Crippen molar-refractivity contribution in [1.29, 1.82) is 0 Å². The molecular formula is C16H24N2O5. The minimum absolute atomic E-state index is 0.117. The third kappa shape index (κ3) is 4.46. The molecule has 2 rings (SSSR count). The zero-order valence-electron chi connectivity index (χ0n) is 13.9. The Labute approximate surface area is 135 Å². The zero-order chi connectivity index (χ0) is 17.2. The maximum atomic E-state index is 12.7. The SMILES string of the molecule is CC(C)(C)OC(=O)N1CC(=CC(=O)O)C[C@H]1C(=O)N1CCCC1. The molecular weight excluding hydrogens is 300 g/mol. The number of carboxylic acids is 1. The predicted octanol–water partition coefficient (Wildman–Crippen LogP) is 1.63. The molecule has 2 saturated heterocycles. The summed E-state index contributed by atoms with van der Waals surface area (Å²) in [6.07, 6.45) is 2.67. The quantitative estimate of drug-likeness (QED) is 0.780. The van der Waals surface area contributed by atoms with Gasteiger partial charge in [-0.15, -0.1) is 0 Å². The van der Waals surface area contributed by atoms with E-state index in [4.69, 9.17) is 9.84 Å². The molecule has 1 N–H and O–H groups in total. The van der Waals surface area contributed by atoms with Crippen molar-refractivity contribution in [3.8, 4) is 0 Å². The molecule has 2 heterocycles. The van der Waals surface area contributed by atoms with Crippen LogP contribution in [0, 0.1) is 0 Å². The van der Waals surface area contributed by atoms with Crippen LogP contribution in [0.4, 0.5) is 4.79 Å². The van der Waals surface area contributed by atoms with Gasteiger partial charge in [-0.05, 0) is 39.2 Å². The Kier molecular flexibility index (Phi) is 4.97. The lowest BCUT2D eigenvalue weighted by Gasteiger charge is -2.29. The molecule has 0 aromatic heterocycles. The Morgan fingerprint density at radius 3 is 2.35 bits per heavy atom. The van der Waals surface area contributed by atoms with E-state index in [1.54, 1.807) is 25.7 Å². The van der Waals surface area contributed by atoms with Gasteiger partial charge in [0.05, 0.1) is 0 Å². The van der Waals surface area contributed by atoms with E-state index < -0.39 is 23.7 Å². The fraction of sp³-hybridized carbons (Fsp3) is 0.688. The van der Waals surface area contributed by atoms with Crippen LogP contribution >= 0.6 is 0 Å². The van der Waals surface area contributed by atoms with Crippen molar-refractivity contribution in [2.24, 2.45) is 0 Å². The highest BCUT2D eigenvalue weighted by molar-refractivity contribution is 5.88. The van der Waals surface area contributed by atoms with Crippen LogP contribution in [0.1, 0.15) is 40.0 Å². The molecule has 0 bridgehead atoms. The number of ether oxygens (including phenoxy) is 1. The average molecular weight is 324 g/mol. The molecule has 0 aliphatic carbocycles. The first-order chi connectivity index (χ1) is 10.7. The normalized spacial score (nSPS) is 23.4. The molecule has 23 heavy (non-hydrogen) atoms. The van der Waals surface area contributed by atoms with Crippen molar-refractivity contribution in [2.45, 2.75) is 51.7 Å². The summed E-state index contributed by atoms with van der Waals surface area (Å²) in [5.41, 5.74) is -0.113. The number of likely N-dealkylation sites (tertiary alicyclic amines) is 2. The van der Waals surface area contributed by atoms with Crippen LogP contribution in [0.25, 0.3) is 0 Å². The third-order valence-electron chi connectivity index (χ3n) is 3.86. The van der Waals surface area contributed by atoms with Gasteiger partial charge in [-0.3, -0.25) is 9.69 Å². The van der Waals surface area contributed by atoms with Crippen molar-refractivity contribution in [3.63, 3.8) is 0 Å². The molecule has 1 atom stereocenters. The molecule has 7 nitrogen and oxygen atoms in total. The first-order valence-corrected chi connectivity index (χ1v) is 7.88. The van der Waals surface area contributed by atoms with E-state index in [2.05, 4.69) is 0 Å². The van der Waals surface area contributed by atoms with Gasteiger partial charge in [0.25, 0.3) is 0 Å². The Hall–Kier alpha value is -2.05. The Bertz CT molecular complexity index is 529. The molecule has 7 heteroatoms. The Balaban J connectivity index is 2.18. The van der Waals surface area contributed by atoms with Gasteiger partial charge in [-0.1, -0.05) is 0 Å². The molecule has 0 saturated carbocycles. The van der Waals surface area contributed by atoms with Crippen LogP contribution in [-0.4, -0.2) is 64.2 Å². The Morgan fingerprint density at radius 2 is 1.83 bits per heavy atom. The predicted molar refractivity (Wildman–Crippen MR) is 82.9 cm³/mol. The lowest BCUT2D eigenvalue weighted by Crippen LogP contribution is -2.48. The van der Waals surface area contributed by atoms with Crippen LogP contribution in [0.3, 0.4) is 0 Å². The number of hydrogen-bond acceptors (Lipinski definition) is 4. The summed E-state index contributed by atoms with van der Waals surface area (Å²) in [6.45, 7) is 6.77. The summed E-state index contributed by atoms with van der Waals surface area (Å²) in [5, 5.41) is 8.92. The monoisotopic (exact) mass is 324 g/mol. The van der Waals surface area contributed by atoms with E-state index in [1.165, 1.54) is 4.90 Å². The van der Waals surface area contributed by atoms with Gasteiger partial charge in [0.1, 0.15) is 11.6 Å². The van der Waals surface area contributed by atoms with E-state index in [9.17, 15) is 14.4 Å². The van der Waals surface area contributed by atoms with Crippen molar-refractivity contribution >= 4 is 18.0 Å². The lowest BCUT2D eigenvalue weighted by molar-refractivity contribution is -0.135. The van der Waals surface area contributed by atoms with E-state index in [1.807, 2.05) is 0 Å². The molecule has 2 aliphatic rings. The number of carbonyl (C=O) groups excluding carboxylic acids is 2. The van der Waals surface area contributed by atoms with Crippen LogP contribution in [0.2, 0.25) is 0 Å². The number of carboxylic acid groups (broad SMARTS) is 1. The van der Waals surface area contributed by atoms with Gasteiger partial charge in [-0.2, -0.15) is 0 Å². The number of carbonyl (C=O) groups is 3. The molecule has 128 valence electrons. The summed E-state index contributed by atoms with van der Waals surface area (Å²) in [6, 6.07) is -0.673. The summed E-state index contributed by atoms with van der Waals surface area (Å²) in [7, 11) is 0. The fourth-order valence-corrected chi connectivity index (χ4v) is 2.91. The summed E-state index contributed by atoms with van der Waals surface area (Å²) < 4.78 is 5.36. The highest BCUT2D eigenvalue weighted by Gasteiger charge is 2.41. The van der Waals surface area contributed by atoms with Crippen molar-refractivity contribution in [1.82, 2.24) is 9.80 Å². The second-order valence-electron chi connectivity index (χ2n) is 7.00. The molecule has 2 amide bonds. The maximum Gasteiger partial charge on any atom is 0.411 e. The minimum Gasteiger partial charge on any atom is -0.478 e. The largest absolute Gasteiger partial charge is 0.478 e. The van der Waals surface area contributed by atoms with Crippen LogP contribution in [-0.2, 0) is 14.3 Å². The lowest BCUT2D eigenvalue weighted by atomic mass is 10.1. The second-order valence-corrected chi connectivity index (χ2v) is 7.00. The summed E-state index contributed by atoms with van der Waals surface area (Å²) in [5.74, 6) is -1.19. The number of amides is 2. The van der Waals surface area contributed by atoms with Gasteiger partial charge in [0.2, 0.25) is 5.91 Å². The molecule has 0 aromatic carbocycles. The smallest absolute Gasteiger partial charge is 0.411 e. The first-order valence-electron chi connectivity index (χ1n) is 7.88. The number of rotatable bonds is 2. The van der Waals surface area contributed by atoms with E-state index in [0.717, 1.165) is 18.9 Å². The highest BCUT2D eigenvalue weighted by Crippen LogP contribution is 2.27. The van der Waals surface area contributed by atoms with Crippen LogP contribution in [0.15, 0.2) is 11.6 Å². The fourth-order valence-electron chi connectivity index (χ4n) is 2.91. The van der Waals surface area contributed by atoms with E-state index in [-0.39, 0.29) is 18.9 Å².